The van der Waals surface area contributed by atoms with E-state index in [0.29, 0.717) is 31.0 Å². The normalized spacial score (nSPS) is 15.5. The number of hydrogen-bond donors (Lipinski definition) is 1. The minimum Gasteiger partial charge on any atom is -0.481 e. The largest absolute Gasteiger partial charge is 0.481 e. The summed E-state index contributed by atoms with van der Waals surface area (Å²) in [6, 6.07) is 22.7. The number of aryl methyl sites for hydroxylation is 1. The van der Waals surface area contributed by atoms with Gasteiger partial charge < -0.3 is 19.4 Å². The quantitative estimate of drug-likeness (QED) is 0.396. The van der Waals surface area contributed by atoms with E-state index in [1.807, 2.05) is 66.4 Å². The lowest BCUT2D eigenvalue weighted by Gasteiger charge is -2.37. The van der Waals surface area contributed by atoms with Gasteiger partial charge in [-0.15, -0.1) is 0 Å². The van der Waals surface area contributed by atoms with Crippen molar-refractivity contribution in [2.45, 2.75) is 39.0 Å². The van der Waals surface area contributed by atoms with Crippen LogP contribution in [0.2, 0.25) is 0 Å². The molecule has 2 amide bonds. The van der Waals surface area contributed by atoms with Crippen molar-refractivity contribution in [1.29, 1.82) is 0 Å². The van der Waals surface area contributed by atoms with Crippen molar-refractivity contribution in [2.24, 2.45) is 0 Å². The third-order valence-electron chi connectivity index (χ3n) is 6.55. The van der Waals surface area contributed by atoms with Crippen LogP contribution in [0.3, 0.4) is 0 Å². The van der Waals surface area contributed by atoms with Crippen molar-refractivity contribution in [2.75, 3.05) is 6.54 Å². The van der Waals surface area contributed by atoms with Gasteiger partial charge in [-0.25, -0.2) is 0 Å². The number of ether oxygens (including phenoxy) is 1. The van der Waals surface area contributed by atoms with Gasteiger partial charge in [-0.2, -0.15) is 0 Å². The second kappa shape index (κ2) is 10.7. The number of pyridine rings is 1. The van der Waals surface area contributed by atoms with Gasteiger partial charge in [-0.3, -0.25) is 14.6 Å². The molecule has 188 valence electrons. The fourth-order valence-electron chi connectivity index (χ4n) is 4.71. The van der Waals surface area contributed by atoms with Crippen LogP contribution in [0.1, 0.15) is 51.5 Å². The Morgan fingerprint density at radius 2 is 2.00 bits per heavy atom. The maximum atomic E-state index is 13.4. The van der Waals surface area contributed by atoms with Gasteiger partial charge in [0.05, 0.1) is 24.5 Å². The molecule has 3 heterocycles. The van der Waals surface area contributed by atoms with E-state index in [1.54, 1.807) is 25.3 Å². The van der Waals surface area contributed by atoms with Crippen LogP contribution in [0.25, 0.3) is 0 Å². The SMILES string of the molecule is Cc1cccc([C@H]2c3cc(O[C@@H](C)C(=O)NCc4ccccn4)ccc3CCN2C(=O)c2ccco2)c1. The topological polar surface area (TPSA) is 84.7 Å². The van der Waals surface area contributed by atoms with Crippen LogP contribution in [0.4, 0.5) is 0 Å². The third kappa shape index (κ3) is 5.40. The number of nitrogens with zero attached hydrogens (tertiary/aromatic N) is 2. The van der Waals surface area contributed by atoms with E-state index in [-0.39, 0.29) is 17.9 Å². The molecule has 1 N–H and O–H groups in total. The Morgan fingerprint density at radius 1 is 1.11 bits per heavy atom. The van der Waals surface area contributed by atoms with Crippen LogP contribution in [0.5, 0.6) is 5.75 Å². The van der Waals surface area contributed by atoms with E-state index >= 15 is 0 Å². The molecule has 7 nitrogen and oxygen atoms in total. The number of nitrogens with one attached hydrogen (secondary N) is 1. The highest BCUT2D eigenvalue weighted by Gasteiger charge is 2.34. The van der Waals surface area contributed by atoms with Crippen LogP contribution in [-0.4, -0.2) is 34.3 Å². The van der Waals surface area contributed by atoms with Crippen molar-refractivity contribution in [3.05, 3.63) is 119 Å². The van der Waals surface area contributed by atoms with Crippen LogP contribution in [0.15, 0.2) is 89.7 Å². The van der Waals surface area contributed by atoms with E-state index in [9.17, 15) is 9.59 Å². The molecule has 0 saturated heterocycles. The Morgan fingerprint density at radius 3 is 2.76 bits per heavy atom. The fourth-order valence-corrected chi connectivity index (χ4v) is 4.71. The Balaban J connectivity index is 1.40. The van der Waals surface area contributed by atoms with Crippen LogP contribution in [-0.2, 0) is 17.8 Å². The molecular weight excluding hydrogens is 466 g/mol. The molecule has 0 unspecified atom stereocenters. The molecule has 0 aliphatic carbocycles. The summed E-state index contributed by atoms with van der Waals surface area (Å²) >= 11 is 0. The Labute approximate surface area is 216 Å². The molecule has 1 aliphatic rings. The summed E-state index contributed by atoms with van der Waals surface area (Å²) in [7, 11) is 0. The lowest BCUT2D eigenvalue weighted by atomic mass is 9.87. The van der Waals surface area contributed by atoms with Gasteiger partial charge in [0.25, 0.3) is 11.8 Å². The highest BCUT2D eigenvalue weighted by Crippen LogP contribution is 2.38. The Bertz CT molecular complexity index is 1390. The lowest BCUT2D eigenvalue weighted by Crippen LogP contribution is -2.40. The predicted octanol–water partition coefficient (Wildman–Crippen LogP) is 4.85. The van der Waals surface area contributed by atoms with Gasteiger partial charge >= 0.3 is 0 Å². The van der Waals surface area contributed by atoms with Gasteiger partial charge in [0.15, 0.2) is 11.9 Å². The second-order valence-electron chi connectivity index (χ2n) is 9.20. The molecule has 0 saturated carbocycles. The molecule has 0 spiro atoms. The minimum atomic E-state index is -0.705. The number of fused-ring (bicyclic) bond motifs is 1. The van der Waals surface area contributed by atoms with Gasteiger partial charge in [0.1, 0.15) is 5.75 Å². The molecular formula is C30H29N3O4. The molecule has 2 aromatic carbocycles. The van der Waals surface area contributed by atoms with E-state index in [2.05, 4.69) is 16.4 Å². The molecule has 7 heteroatoms. The first-order valence-electron chi connectivity index (χ1n) is 12.4. The summed E-state index contributed by atoms with van der Waals surface area (Å²) in [4.78, 5) is 32.2. The zero-order valence-corrected chi connectivity index (χ0v) is 20.9. The van der Waals surface area contributed by atoms with Gasteiger partial charge in [-0.1, -0.05) is 42.0 Å². The number of furan rings is 1. The molecule has 0 bridgehead atoms. The zero-order valence-electron chi connectivity index (χ0n) is 20.9. The second-order valence-corrected chi connectivity index (χ2v) is 9.20. The van der Waals surface area contributed by atoms with Gasteiger partial charge in [0.2, 0.25) is 0 Å². The first-order chi connectivity index (χ1) is 18.0. The number of hydrogen-bond acceptors (Lipinski definition) is 5. The maximum Gasteiger partial charge on any atom is 0.290 e. The van der Waals surface area contributed by atoms with Gasteiger partial charge in [-0.05, 0) is 73.4 Å². The van der Waals surface area contributed by atoms with E-state index in [0.717, 1.165) is 27.9 Å². The summed E-state index contributed by atoms with van der Waals surface area (Å²) in [5.41, 5.74) is 5.03. The molecule has 2 aromatic heterocycles. The fraction of sp³-hybridized carbons (Fsp3) is 0.233. The molecule has 5 rings (SSSR count). The van der Waals surface area contributed by atoms with Crippen LogP contribution in [0, 0.1) is 6.92 Å². The molecule has 1 aliphatic heterocycles. The number of rotatable bonds is 7. The minimum absolute atomic E-state index is 0.157. The van der Waals surface area contributed by atoms with Crippen LogP contribution < -0.4 is 10.1 Å². The number of amides is 2. The summed E-state index contributed by atoms with van der Waals surface area (Å²) in [5.74, 6) is 0.500. The highest BCUT2D eigenvalue weighted by molar-refractivity contribution is 5.92. The standard InChI is InChI=1S/C30H29N3O4/c1-20-7-5-8-23(17-20)28-26-18-25(37-21(2)29(34)32-19-24-9-3-4-14-31-24)12-11-22(26)13-15-33(28)30(35)27-10-6-16-36-27/h3-12,14,16-18,21,28H,13,15,19H2,1-2H3,(H,32,34)/t21-,28-/m0/s1. The van der Waals surface area contributed by atoms with Gasteiger partial charge in [0, 0.05) is 12.7 Å². The first-order valence-corrected chi connectivity index (χ1v) is 12.4. The smallest absolute Gasteiger partial charge is 0.290 e. The van der Waals surface area contributed by atoms with Crippen molar-refractivity contribution >= 4 is 11.8 Å². The molecule has 0 fully saturated rings. The average Bonchev–Trinajstić information content (AvgIpc) is 3.46. The Kier molecular flexibility index (Phi) is 7.03. The highest BCUT2D eigenvalue weighted by atomic mass is 16.5. The first kappa shape index (κ1) is 24.3. The number of carbonyl (C=O) groups is 2. The van der Waals surface area contributed by atoms with E-state index < -0.39 is 6.10 Å². The van der Waals surface area contributed by atoms with Crippen molar-refractivity contribution in [3.63, 3.8) is 0 Å². The summed E-state index contributed by atoms with van der Waals surface area (Å²) in [6.45, 7) is 4.66. The van der Waals surface area contributed by atoms with E-state index in [1.165, 1.54) is 6.26 Å². The zero-order chi connectivity index (χ0) is 25.8. The number of benzene rings is 2. The molecule has 37 heavy (non-hydrogen) atoms. The molecule has 0 radical (unpaired) electrons. The third-order valence-corrected chi connectivity index (χ3v) is 6.55. The number of carbonyl (C=O) groups excluding carboxylic acids is 2. The average molecular weight is 496 g/mol. The summed E-state index contributed by atoms with van der Waals surface area (Å²) in [5, 5.41) is 2.87. The van der Waals surface area contributed by atoms with Crippen molar-refractivity contribution in [1.82, 2.24) is 15.2 Å². The maximum absolute atomic E-state index is 13.4. The summed E-state index contributed by atoms with van der Waals surface area (Å²) < 4.78 is 11.5. The Hall–Kier alpha value is -4.39. The molecule has 2 atom stereocenters. The van der Waals surface area contributed by atoms with Crippen molar-refractivity contribution < 1.29 is 18.7 Å². The van der Waals surface area contributed by atoms with Crippen molar-refractivity contribution in [3.8, 4) is 5.75 Å². The van der Waals surface area contributed by atoms with E-state index in [4.69, 9.17) is 9.15 Å². The van der Waals surface area contributed by atoms with Crippen LogP contribution >= 0.6 is 0 Å². The number of aromatic nitrogens is 1. The monoisotopic (exact) mass is 495 g/mol. The predicted molar refractivity (Wildman–Crippen MR) is 139 cm³/mol. The lowest BCUT2D eigenvalue weighted by molar-refractivity contribution is -0.127. The summed E-state index contributed by atoms with van der Waals surface area (Å²) in [6.07, 6.45) is 3.21. The molecule has 4 aromatic rings.